The summed E-state index contributed by atoms with van der Waals surface area (Å²) < 4.78 is 3.97. The highest BCUT2D eigenvalue weighted by atomic mass is 35.5. The average Bonchev–Trinajstić information content (AvgIpc) is 3.37. The van der Waals surface area contributed by atoms with Gasteiger partial charge in [-0.1, -0.05) is 49.2 Å². The summed E-state index contributed by atoms with van der Waals surface area (Å²) in [5.41, 5.74) is 5.02. The number of aryl methyl sites for hydroxylation is 1. The summed E-state index contributed by atoms with van der Waals surface area (Å²) in [6, 6.07) is 10.2. The van der Waals surface area contributed by atoms with Gasteiger partial charge >= 0.3 is 5.69 Å². The van der Waals surface area contributed by atoms with E-state index in [0.717, 1.165) is 43.8 Å². The lowest BCUT2D eigenvalue weighted by atomic mass is 9.84. The molecule has 1 atom stereocenters. The summed E-state index contributed by atoms with van der Waals surface area (Å²) in [7, 11) is 3.01. The Morgan fingerprint density at radius 2 is 1.70 bits per heavy atom. The molecule has 4 aromatic rings. The van der Waals surface area contributed by atoms with Crippen molar-refractivity contribution in [3.63, 3.8) is 0 Å². The van der Waals surface area contributed by atoms with Gasteiger partial charge < -0.3 is 0 Å². The lowest BCUT2D eigenvalue weighted by Gasteiger charge is -2.36. The van der Waals surface area contributed by atoms with Gasteiger partial charge in [-0.05, 0) is 47.7 Å². The zero-order valence-corrected chi connectivity index (χ0v) is 22.3. The normalized spacial score (nSPS) is 15.6. The van der Waals surface area contributed by atoms with Crippen molar-refractivity contribution in [2.75, 3.05) is 4.90 Å². The first-order valence-corrected chi connectivity index (χ1v) is 12.6. The first-order valence-electron chi connectivity index (χ1n) is 11.9. The van der Waals surface area contributed by atoms with Crippen LogP contribution in [-0.4, -0.2) is 24.8 Å². The zero-order valence-electron chi connectivity index (χ0n) is 20.8. The van der Waals surface area contributed by atoms with Crippen molar-refractivity contribution in [2.45, 2.75) is 32.7 Å². The minimum Gasteiger partial charge on any atom is -0.294 e. The third-order valence-corrected chi connectivity index (χ3v) is 7.88. The summed E-state index contributed by atoms with van der Waals surface area (Å²) in [6.45, 7) is 5.95. The van der Waals surface area contributed by atoms with Gasteiger partial charge in [0, 0.05) is 36.3 Å². The molecule has 10 heteroatoms. The van der Waals surface area contributed by atoms with Gasteiger partial charge in [-0.2, -0.15) is 5.10 Å². The summed E-state index contributed by atoms with van der Waals surface area (Å²) in [4.78, 5) is 41.1. The molecule has 0 spiro atoms. The first-order chi connectivity index (χ1) is 17.5. The van der Waals surface area contributed by atoms with Crippen molar-refractivity contribution < 1.29 is 4.79 Å². The molecule has 2 aliphatic rings. The molecule has 37 heavy (non-hydrogen) atoms. The van der Waals surface area contributed by atoms with E-state index in [2.05, 4.69) is 0 Å². The smallest absolute Gasteiger partial charge is 0.294 e. The molecule has 1 unspecified atom stereocenters. The zero-order chi connectivity index (χ0) is 26.5. The molecule has 0 aliphatic carbocycles. The van der Waals surface area contributed by atoms with Gasteiger partial charge in [0.05, 0.1) is 22.4 Å². The van der Waals surface area contributed by atoms with E-state index in [1.165, 1.54) is 17.7 Å². The minimum atomic E-state index is -0.474. The molecule has 0 N–H and O–H groups in total. The van der Waals surface area contributed by atoms with Crippen molar-refractivity contribution in [1.29, 1.82) is 0 Å². The van der Waals surface area contributed by atoms with Gasteiger partial charge in [0.1, 0.15) is 5.82 Å². The van der Waals surface area contributed by atoms with Crippen LogP contribution in [0.3, 0.4) is 0 Å². The third kappa shape index (κ3) is 3.09. The van der Waals surface area contributed by atoms with Crippen molar-refractivity contribution in [3.8, 4) is 16.9 Å². The molecule has 6 rings (SSSR count). The lowest BCUT2D eigenvalue weighted by molar-refractivity contribution is 0.0988. The van der Waals surface area contributed by atoms with E-state index < -0.39 is 17.3 Å². The molecule has 0 saturated heterocycles. The van der Waals surface area contributed by atoms with Crippen LogP contribution in [0.15, 0.2) is 46.0 Å². The second-order valence-electron chi connectivity index (χ2n) is 9.85. The van der Waals surface area contributed by atoms with Gasteiger partial charge in [0.15, 0.2) is 5.69 Å². The van der Waals surface area contributed by atoms with Crippen LogP contribution < -0.4 is 16.1 Å². The van der Waals surface area contributed by atoms with Crippen molar-refractivity contribution >= 4 is 34.8 Å². The van der Waals surface area contributed by atoms with Crippen LogP contribution in [-0.2, 0) is 14.1 Å². The Kier molecular flexibility index (Phi) is 5.10. The molecule has 4 heterocycles. The highest BCUT2D eigenvalue weighted by Crippen LogP contribution is 2.56. The number of hydrogen-bond donors (Lipinski definition) is 0. The van der Waals surface area contributed by atoms with Gasteiger partial charge in [-0.25, -0.2) is 9.48 Å². The Morgan fingerprint density at radius 1 is 0.973 bits per heavy atom. The summed E-state index contributed by atoms with van der Waals surface area (Å²) in [5.74, 6) is -0.0419. The molecule has 1 amide bonds. The number of hydrogen-bond acceptors (Lipinski definition) is 4. The largest absolute Gasteiger partial charge is 0.332 e. The van der Waals surface area contributed by atoms with Crippen LogP contribution in [0.25, 0.3) is 16.9 Å². The van der Waals surface area contributed by atoms with Gasteiger partial charge in [-0.15, -0.1) is 0 Å². The lowest BCUT2D eigenvalue weighted by Crippen LogP contribution is -2.39. The quantitative estimate of drug-likeness (QED) is 0.371. The van der Waals surface area contributed by atoms with E-state index in [1.807, 2.05) is 45.0 Å². The van der Waals surface area contributed by atoms with Crippen molar-refractivity contribution in [2.24, 2.45) is 14.1 Å². The van der Waals surface area contributed by atoms with Crippen molar-refractivity contribution in [1.82, 2.24) is 18.9 Å². The number of nitrogens with zero attached hydrogens (tertiary/aromatic N) is 5. The molecule has 0 bridgehead atoms. The number of halogens is 2. The number of fused-ring (bicyclic) bond motifs is 8. The predicted octanol–water partition coefficient (Wildman–Crippen LogP) is 4.74. The van der Waals surface area contributed by atoms with Gasteiger partial charge in [0.2, 0.25) is 0 Å². The van der Waals surface area contributed by atoms with Crippen LogP contribution in [0.2, 0.25) is 10.0 Å². The SMILES string of the molecule is Cc1ccc(Cl)c2c1N1C(=O)c3nn(-c4cc(=O)n(C)c(=O)n4C)c(C(C)C)c3C1c1ccc(Cl)cc1-2. The van der Waals surface area contributed by atoms with Crippen LogP contribution in [0.4, 0.5) is 5.69 Å². The van der Waals surface area contributed by atoms with E-state index in [-0.39, 0.29) is 17.5 Å². The maximum absolute atomic E-state index is 14.1. The molecular weight excluding hydrogens is 513 g/mol. The molecule has 2 aromatic carbocycles. The fraction of sp³-hybridized carbons (Fsp3) is 0.259. The van der Waals surface area contributed by atoms with Gasteiger partial charge in [-0.3, -0.25) is 23.6 Å². The minimum absolute atomic E-state index is 0.0826. The van der Waals surface area contributed by atoms with Gasteiger partial charge in [0.25, 0.3) is 11.5 Å². The maximum atomic E-state index is 14.1. The molecule has 0 radical (unpaired) electrons. The standard InChI is InChI=1S/C27H23Cl2N5O3/c1-12(2)23-21-22(30-34(23)18-11-19(35)32(5)27(37)31(18)4)26(36)33-24-13(3)6-9-17(29)20(24)16-10-14(28)7-8-15(16)25(21)33/h6-12,25H,1-5H3. The summed E-state index contributed by atoms with van der Waals surface area (Å²) in [5, 5.41) is 5.83. The number of carbonyl (C=O) groups excluding carboxylic acids is 1. The van der Waals surface area contributed by atoms with Crippen LogP contribution >= 0.6 is 23.2 Å². The average molecular weight is 536 g/mol. The Bertz CT molecular complexity index is 1800. The molecular formula is C27H23Cl2N5O3. The number of amides is 1. The number of carbonyl (C=O) groups is 1. The number of benzene rings is 2. The molecule has 2 aromatic heterocycles. The number of anilines is 1. The molecule has 8 nitrogen and oxygen atoms in total. The monoisotopic (exact) mass is 535 g/mol. The van der Waals surface area contributed by atoms with Crippen LogP contribution in [0.5, 0.6) is 0 Å². The Hall–Kier alpha value is -3.62. The number of aromatic nitrogens is 4. The predicted molar refractivity (Wildman–Crippen MR) is 143 cm³/mol. The molecule has 0 saturated carbocycles. The molecule has 2 aliphatic heterocycles. The Morgan fingerprint density at radius 3 is 2.41 bits per heavy atom. The first kappa shape index (κ1) is 23.8. The van der Waals surface area contributed by atoms with E-state index in [0.29, 0.717) is 15.9 Å². The Balaban J connectivity index is 1.71. The Labute approximate surface area is 222 Å². The molecule has 188 valence electrons. The maximum Gasteiger partial charge on any atom is 0.332 e. The fourth-order valence-corrected chi connectivity index (χ4v) is 6.06. The number of rotatable bonds is 2. The van der Waals surface area contributed by atoms with Crippen LogP contribution in [0.1, 0.15) is 58.7 Å². The van der Waals surface area contributed by atoms with E-state index >= 15 is 0 Å². The second-order valence-corrected chi connectivity index (χ2v) is 10.7. The molecule has 0 fully saturated rings. The van der Waals surface area contributed by atoms with Crippen molar-refractivity contribution in [3.05, 3.63) is 95.4 Å². The third-order valence-electron chi connectivity index (χ3n) is 7.33. The summed E-state index contributed by atoms with van der Waals surface area (Å²) in [6.07, 6.45) is 0. The van der Waals surface area contributed by atoms with E-state index in [1.54, 1.807) is 22.7 Å². The van der Waals surface area contributed by atoms with E-state index in [9.17, 15) is 14.4 Å². The highest BCUT2D eigenvalue weighted by molar-refractivity contribution is 6.35. The second kappa shape index (κ2) is 7.94. The van der Waals surface area contributed by atoms with E-state index in [4.69, 9.17) is 28.3 Å². The fourth-order valence-electron chi connectivity index (χ4n) is 5.63. The van der Waals surface area contributed by atoms with Crippen LogP contribution in [0, 0.1) is 6.92 Å². The highest BCUT2D eigenvalue weighted by Gasteiger charge is 2.49. The summed E-state index contributed by atoms with van der Waals surface area (Å²) >= 11 is 13.1. The topological polar surface area (TPSA) is 82.1 Å².